The van der Waals surface area contributed by atoms with Gasteiger partial charge in [0, 0.05) is 11.1 Å². The number of rotatable bonds is 2. The second-order valence-electron chi connectivity index (χ2n) is 9.53. The van der Waals surface area contributed by atoms with E-state index in [1.807, 2.05) is 18.2 Å². The maximum Gasteiger partial charge on any atom is 0.0837 e. The van der Waals surface area contributed by atoms with Crippen LogP contribution in [0.15, 0.2) is 54.6 Å². The molecular formula is C25H30Si. The van der Waals surface area contributed by atoms with E-state index >= 15 is 0 Å². The van der Waals surface area contributed by atoms with Crippen molar-refractivity contribution in [2.75, 3.05) is 0 Å². The zero-order valence-electron chi connectivity index (χ0n) is 16.5. The monoisotopic (exact) mass is 358 g/mol. The number of hydrogen-bond donors (Lipinski definition) is 0. The molecule has 2 bridgehead atoms. The largest absolute Gasteiger partial charge is 0.0837 e. The average Bonchev–Trinajstić information content (AvgIpc) is 2.67. The van der Waals surface area contributed by atoms with Gasteiger partial charge in [-0.3, -0.25) is 0 Å². The fourth-order valence-electron chi connectivity index (χ4n) is 5.18. The second kappa shape index (κ2) is 6.43. The standard InChI is InChI=1S/C25H30Si/c1-25(2)21-16-22(25)18-24(17-21)26(3,4)23-14-12-20(13-15-23)11-10-19-8-6-5-7-9-19/h5-9,12-15,21-22,24H,16-18H2,1-4H3/t21-,22+,24?. The summed E-state index contributed by atoms with van der Waals surface area (Å²) in [6, 6.07) is 19.4. The minimum Gasteiger partial charge on any atom is -0.0652 e. The molecule has 3 aliphatic carbocycles. The molecule has 0 spiro atoms. The smallest absolute Gasteiger partial charge is 0.0652 e. The fourth-order valence-corrected chi connectivity index (χ4v) is 8.43. The summed E-state index contributed by atoms with van der Waals surface area (Å²) >= 11 is 0. The van der Waals surface area contributed by atoms with E-state index in [-0.39, 0.29) is 0 Å². The third-order valence-electron chi connectivity index (χ3n) is 7.59. The van der Waals surface area contributed by atoms with Gasteiger partial charge in [-0.05, 0) is 66.3 Å². The predicted octanol–water partition coefficient (Wildman–Crippen LogP) is 5.83. The van der Waals surface area contributed by atoms with Crippen molar-refractivity contribution < 1.29 is 0 Å². The molecule has 2 aromatic carbocycles. The number of fused-ring (bicyclic) bond motifs is 2. The molecule has 0 saturated heterocycles. The topological polar surface area (TPSA) is 0 Å². The molecule has 3 saturated carbocycles. The zero-order valence-corrected chi connectivity index (χ0v) is 17.5. The lowest BCUT2D eigenvalue weighted by atomic mass is 9.49. The van der Waals surface area contributed by atoms with Crippen LogP contribution in [0.5, 0.6) is 0 Å². The number of hydrogen-bond acceptors (Lipinski definition) is 0. The van der Waals surface area contributed by atoms with Crippen LogP contribution in [0.2, 0.25) is 18.6 Å². The van der Waals surface area contributed by atoms with Crippen molar-refractivity contribution in [1.82, 2.24) is 0 Å². The Morgan fingerprint density at radius 3 is 1.85 bits per heavy atom. The second-order valence-corrected chi connectivity index (χ2v) is 14.4. The van der Waals surface area contributed by atoms with Gasteiger partial charge in [0.2, 0.25) is 0 Å². The van der Waals surface area contributed by atoms with Crippen molar-refractivity contribution in [2.24, 2.45) is 17.3 Å². The molecule has 3 fully saturated rings. The third-order valence-corrected chi connectivity index (χ3v) is 11.9. The van der Waals surface area contributed by atoms with Gasteiger partial charge in [0.25, 0.3) is 0 Å². The molecule has 1 unspecified atom stereocenters. The Bertz CT molecular complexity index is 819. The highest BCUT2D eigenvalue weighted by Crippen LogP contribution is 2.63. The van der Waals surface area contributed by atoms with E-state index in [1.54, 1.807) is 5.19 Å². The van der Waals surface area contributed by atoms with Crippen LogP contribution in [0.25, 0.3) is 0 Å². The van der Waals surface area contributed by atoms with Crippen molar-refractivity contribution in [3.05, 3.63) is 65.7 Å². The summed E-state index contributed by atoms with van der Waals surface area (Å²) in [5.74, 6) is 8.51. The van der Waals surface area contributed by atoms with Crippen molar-refractivity contribution in [1.29, 1.82) is 0 Å². The molecule has 3 atom stereocenters. The Balaban J connectivity index is 1.49. The summed E-state index contributed by atoms with van der Waals surface area (Å²) in [7, 11) is -1.41. The normalized spacial score (nSPS) is 26.4. The molecule has 0 aromatic heterocycles. The molecule has 26 heavy (non-hydrogen) atoms. The fraction of sp³-hybridized carbons (Fsp3) is 0.440. The summed E-state index contributed by atoms with van der Waals surface area (Å²) in [5.41, 5.74) is 3.75. The Morgan fingerprint density at radius 2 is 1.31 bits per heavy atom. The van der Waals surface area contributed by atoms with E-state index in [9.17, 15) is 0 Å². The molecule has 0 heterocycles. The van der Waals surface area contributed by atoms with Gasteiger partial charge in [-0.2, -0.15) is 0 Å². The van der Waals surface area contributed by atoms with E-state index in [1.165, 1.54) is 19.3 Å². The molecule has 0 nitrogen and oxygen atoms in total. The molecule has 3 aliphatic rings. The molecule has 1 heteroatoms. The van der Waals surface area contributed by atoms with Crippen LogP contribution >= 0.6 is 0 Å². The van der Waals surface area contributed by atoms with Gasteiger partial charge in [-0.15, -0.1) is 0 Å². The molecule has 0 radical (unpaired) electrons. The Morgan fingerprint density at radius 1 is 0.769 bits per heavy atom. The van der Waals surface area contributed by atoms with Crippen LogP contribution < -0.4 is 5.19 Å². The summed E-state index contributed by atoms with van der Waals surface area (Å²) in [4.78, 5) is 0. The van der Waals surface area contributed by atoms with Crippen LogP contribution in [0.3, 0.4) is 0 Å². The first-order valence-electron chi connectivity index (χ1n) is 10.0. The Hall–Kier alpha value is -1.78. The van der Waals surface area contributed by atoms with Gasteiger partial charge < -0.3 is 0 Å². The van der Waals surface area contributed by atoms with Crippen molar-refractivity contribution in [3.8, 4) is 11.8 Å². The van der Waals surface area contributed by atoms with Gasteiger partial charge in [-0.1, -0.05) is 74.3 Å². The first-order chi connectivity index (χ1) is 12.4. The zero-order chi connectivity index (χ0) is 18.4. The Labute approximate surface area is 160 Å². The summed E-state index contributed by atoms with van der Waals surface area (Å²) < 4.78 is 0. The van der Waals surface area contributed by atoms with Crippen LogP contribution in [0.4, 0.5) is 0 Å². The molecule has 5 rings (SSSR count). The van der Waals surface area contributed by atoms with Gasteiger partial charge in [0.05, 0.1) is 8.07 Å². The highest BCUT2D eigenvalue weighted by Gasteiger charge is 2.55. The Kier molecular flexibility index (Phi) is 4.36. The third kappa shape index (κ3) is 3.05. The van der Waals surface area contributed by atoms with Crippen LogP contribution in [0.1, 0.15) is 44.2 Å². The lowest BCUT2D eigenvalue weighted by Gasteiger charge is -2.61. The van der Waals surface area contributed by atoms with Crippen LogP contribution in [-0.4, -0.2) is 8.07 Å². The maximum atomic E-state index is 3.31. The lowest BCUT2D eigenvalue weighted by molar-refractivity contribution is -0.0653. The molecule has 0 amide bonds. The molecule has 134 valence electrons. The molecule has 2 aromatic rings. The maximum absolute atomic E-state index is 3.31. The SMILES string of the molecule is CC1(C)[C@@H]2CC([Si](C)(C)c3ccc(C#Cc4ccccc4)cc3)C[C@H]1C2. The summed E-state index contributed by atoms with van der Waals surface area (Å²) in [6.45, 7) is 10.2. The first kappa shape index (κ1) is 17.6. The highest BCUT2D eigenvalue weighted by molar-refractivity contribution is 6.91. The number of benzene rings is 2. The van der Waals surface area contributed by atoms with Crippen molar-refractivity contribution >= 4 is 13.3 Å². The first-order valence-corrected chi connectivity index (χ1v) is 13.1. The van der Waals surface area contributed by atoms with E-state index < -0.39 is 8.07 Å². The molecule has 0 N–H and O–H groups in total. The summed E-state index contributed by atoms with van der Waals surface area (Å²) in [6.07, 6.45) is 4.40. The van der Waals surface area contributed by atoms with E-state index in [4.69, 9.17) is 0 Å². The molecular weight excluding hydrogens is 328 g/mol. The van der Waals surface area contributed by atoms with E-state index in [2.05, 4.69) is 75.2 Å². The quantitative estimate of drug-likeness (QED) is 0.468. The lowest BCUT2D eigenvalue weighted by Crippen LogP contribution is -2.56. The minimum atomic E-state index is -1.41. The van der Waals surface area contributed by atoms with Gasteiger partial charge in [0.1, 0.15) is 0 Å². The summed E-state index contributed by atoms with van der Waals surface area (Å²) in [5, 5.41) is 1.60. The molecule has 0 aliphatic heterocycles. The van der Waals surface area contributed by atoms with Gasteiger partial charge >= 0.3 is 0 Å². The highest BCUT2D eigenvalue weighted by atomic mass is 28.3. The van der Waals surface area contributed by atoms with Gasteiger partial charge in [-0.25, -0.2) is 0 Å². The predicted molar refractivity (Wildman–Crippen MR) is 114 cm³/mol. The van der Waals surface area contributed by atoms with E-state index in [0.717, 1.165) is 28.5 Å². The van der Waals surface area contributed by atoms with Crippen LogP contribution in [0, 0.1) is 29.1 Å². The minimum absolute atomic E-state index is 0.609. The van der Waals surface area contributed by atoms with Crippen molar-refractivity contribution in [2.45, 2.75) is 51.7 Å². The average molecular weight is 359 g/mol. The van der Waals surface area contributed by atoms with Gasteiger partial charge in [0.15, 0.2) is 0 Å². The van der Waals surface area contributed by atoms with Crippen molar-refractivity contribution in [3.63, 3.8) is 0 Å². The van der Waals surface area contributed by atoms with Crippen LogP contribution in [-0.2, 0) is 0 Å². The van der Waals surface area contributed by atoms with E-state index in [0.29, 0.717) is 5.41 Å².